The normalized spacial score (nSPS) is 14.5. The molecule has 1 aliphatic heterocycles. The lowest BCUT2D eigenvalue weighted by molar-refractivity contribution is -0.123. The molecule has 0 spiro atoms. The lowest BCUT2D eigenvalue weighted by Gasteiger charge is -2.36. The van der Waals surface area contributed by atoms with Gasteiger partial charge in [-0.25, -0.2) is 4.98 Å². The van der Waals surface area contributed by atoms with E-state index in [1.165, 1.54) is 22.2 Å². The van der Waals surface area contributed by atoms with Gasteiger partial charge in [0.05, 0.1) is 26.6 Å². The smallest absolute Gasteiger partial charge is 0.264 e. The third-order valence-electron chi connectivity index (χ3n) is 5.78. The number of fused-ring (bicyclic) bond motifs is 1. The van der Waals surface area contributed by atoms with Crippen LogP contribution in [0.15, 0.2) is 29.3 Å². The zero-order chi connectivity index (χ0) is 25.5. The van der Waals surface area contributed by atoms with Crippen LogP contribution in [-0.4, -0.2) is 58.0 Å². The molecule has 0 bridgehead atoms. The van der Waals surface area contributed by atoms with Crippen molar-refractivity contribution in [2.75, 3.05) is 31.1 Å². The number of piperazine rings is 1. The number of aryl methyl sites for hydroxylation is 1. The second-order valence-electron chi connectivity index (χ2n) is 9.59. The number of amides is 2. The van der Waals surface area contributed by atoms with E-state index in [1.54, 1.807) is 17.9 Å². The molecule has 2 aromatic heterocycles. The van der Waals surface area contributed by atoms with E-state index in [1.807, 2.05) is 32.9 Å². The molecule has 1 fully saturated rings. The van der Waals surface area contributed by atoms with Crippen LogP contribution in [0, 0.1) is 6.92 Å². The van der Waals surface area contributed by atoms with Gasteiger partial charge in [-0.05, 0) is 51.5 Å². The Labute approximate surface area is 217 Å². The molecular weight excluding hydrogens is 509 g/mol. The fraction of sp³-hybridized carbons (Fsp3) is 0.417. The van der Waals surface area contributed by atoms with Gasteiger partial charge in [-0.3, -0.25) is 19.0 Å². The molecule has 0 atom stereocenters. The van der Waals surface area contributed by atoms with Gasteiger partial charge in [-0.2, -0.15) is 0 Å². The number of aromatic nitrogens is 2. The Kier molecular flexibility index (Phi) is 7.13. The first-order chi connectivity index (χ1) is 16.4. The predicted molar refractivity (Wildman–Crippen MR) is 141 cm³/mol. The number of benzene rings is 1. The highest BCUT2D eigenvalue weighted by molar-refractivity contribution is 7.20. The van der Waals surface area contributed by atoms with Gasteiger partial charge in [-0.1, -0.05) is 23.2 Å². The number of nitrogens with zero attached hydrogens (tertiary/aromatic N) is 4. The van der Waals surface area contributed by atoms with Crippen molar-refractivity contribution in [1.29, 1.82) is 0 Å². The maximum Gasteiger partial charge on any atom is 0.264 e. The number of carbonyl (C=O) groups excluding carboxylic acids is 2. The molecule has 1 aromatic carbocycles. The molecule has 0 aliphatic carbocycles. The minimum atomic E-state index is -0.403. The molecule has 1 aliphatic rings. The third-order valence-corrected chi connectivity index (χ3v) is 7.70. The number of carbonyl (C=O) groups is 2. The zero-order valence-corrected chi connectivity index (χ0v) is 22.4. The summed E-state index contributed by atoms with van der Waals surface area (Å²) in [5.41, 5.74) is 0.839. The van der Waals surface area contributed by atoms with E-state index in [-0.39, 0.29) is 23.9 Å². The summed E-state index contributed by atoms with van der Waals surface area (Å²) >= 11 is 13.4. The first kappa shape index (κ1) is 25.5. The zero-order valence-electron chi connectivity index (χ0n) is 20.0. The molecule has 1 saturated heterocycles. The Hall–Kier alpha value is -2.62. The molecule has 0 radical (unpaired) electrons. The van der Waals surface area contributed by atoms with E-state index < -0.39 is 5.54 Å². The second-order valence-corrected chi connectivity index (χ2v) is 11.4. The van der Waals surface area contributed by atoms with Gasteiger partial charge in [0.1, 0.15) is 11.4 Å². The first-order valence-electron chi connectivity index (χ1n) is 11.2. The van der Waals surface area contributed by atoms with Gasteiger partial charge in [0.2, 0.25) is 5.91 Å². The molecule has 3 aromatic rings. The fourth-order valence-electron chi connectivity index (χ4n) is 4.08. The average molecular weight is 536 g/mol. The van der Waals surface area contributed by atoms with Crippen molar-refractivity contribution in [2.24, 2.45) is 0 Å². The highest BCUT2D eigenvalue weighted by atomic mass is 35.5. The molecule has 186 valence electrons. The van der Waals surface area contributed by atoms with Crippen molar-refractivity contribution < 1.29 is 9.59 Å². The summed E-state index contributed by atoms with van der Waals surface area (Å²) in [6.07, 6.45) is 1.37. The quantitative estimate of drug-likeness (QED) is 0.546. The van der Waals surface area contributed by atoms with Gasteiger partial charge >= 0.3 is 0 Å². The lowest BCUT2D eigenvalue weighted by atomic mass is 10.1. The molecule has 4 rings (SSSR count). The van der Waals surface area contributed by atoms with Crippen LogP contribution in [0.1, 0.15) is 36.0 Å². The van der Waals surface area contributed by atoms with Crippen molar-refractivity contribution >= 4 is 62.3 Å². The summed E-state index contributed by atoms with van der Waals surface area (Å²) in [6, 6.07) is 5.51. The fourth-order valence-corrected chi connectivity index (χ4v) is 5.48. The first-order valence-corrected chi connectivity index (χ1v) is 12.8. The summed E-state index contributed by atoms with van der Waals surface area (Å²) < 4.78 is 1.29. The minimum absolute atomic E-state index is 0.115. The van der Waals surface area contributed by atoms with Crippen LogP contribution in [0.4, 0.5) is 5.69 Å². The molecule has 1 N–H and O–H groups in total. The van der Waals surface area contributed by atoms with Crippen molar-refractivity contribution in [3.8, 4) is 0 Å². The van der Waals surface area contributed by atoms with E-state index in [0.29, 0.717) is 56.9 Å². The van der Waals surface area contributed by atoms with E-state index in [2.05, 4.69) is 15.2 Å². The highest BCUT2D eigenvalue weighted by Crippen LogP contribution is 2.30. The van der Waals surface area contributed by atoms with E-state index in [0.717, 1.165) is 5.69 Å². The van der Waals surface area contributed by atoms with Crippen LogP contribution in [0.3, 0.4) is 0 Å². The SMILES string of the molecule is Cc1c(C(=O)N2CCN(c3ccc(Cl)c(Cl)c3)CC2)sc2ncn(CC(=O)NC(C)(C)C)c(=O)c12. The standard InChI is InChI=1S/C24H27Cl2N5O3S/c1-14-19-21(27-13-31(22(19)33)12-18(32)28-24(2,3)4)35-20(14)23(34)30-9-7-29(8-10-30)15-5-6-16(25)17(26)11-15/h5-6,11,13H,7-10,12H2,1-4H3,(H,28,32). The predicted octanol–water partition coefficient (Wildman–Crippen LogP) is 3.95. The maximum absolute atomic E-state index is 13.3. The topological polar surface area (TPSA) is 87.5 Å². The van der Waals surface area contributed by atoms with Gasteiger partial charge in [-0.15, -0.1) is 11.3 Å². The number of hydrogen-bond acceptors (Lipinski definition) is 6. The Bertz CT molecular complexity index is 1350. The van der Waals surface area contributed by atoms with Gasteiger partial charge in [0, 0.05) is 37.4 Å². The van der Waals surface area contributed by atoms with Crippen LogP contribution in [0.5, 0.6) is 0 Å². The Morgan fingerprint density at radius 1 is 1.11 bits per heavy atom. The van der Waals surface area contributed by atoms with E-state index in [9.17, 15) is 14.4 Å². The van der Waals surface area contributed by atoms with E-state index in [4.69, 9.17) is 23.2 Å². The molecule has 3 heterocycles. The summed E-state index contributed by atoms with van der Waals surface area (Å²) in [5, 5.41) is 4.23. The monoisotopic (exact) mass is 535 g/mol. The van der Waals surface area contributed by atoms with E-state index >= 15 is 0 Å². The summed E-state index contributed by atoms with van der Waals surface area (Å²) in [4.78, 5) is 48.1. The largest absolute Gasteiger partial charge is 0.368 e. The third kappa shape index (κ3) is 5.47. The Morgan fingerprint density at radius 3 is 2.43 bits per heavy atom. The van der Waals surface area contributed by atoms with Crippen LogP contribution < -0.4 is 15.8 Å². The lowest BCUT2D eigenvalue weighted by Crippen LogP contribution is -2.48. The number of nitrogens with one attached hydrogen (secondary N) is 1. The minimum Gasteiger partial charge on any atom is -0.368 e. The second kappa shape index (κ2) is 9.79. The molecule has 8 nitrogen and oxygen atoms in total. The summed E-state index contributed by atoms with van der Waals surface area (Å²) in [7, 11) is 0. The molecule has 35 heavy (non-hydrogen) atoms. The summed E-state index contributed by atoms with van der Waals surface area (Å²) in [5.74, 6) is -0.388. The number of thiophene rings is 1. The van der Waals surface area contributed by atoms with Crippen molar-refractivity contribution in [3.63, 3.8) is 0 Å². The molecule has 2 amide bonds. The summed E-state index contributed by atoms with van der Waals surface area (Å²) in [6.45, 7) is 9.65. The Morgan fingerprint density at radius 2 is 1.80 bits per heavy atom. The van der Waals surface area contributed by atoms with Crippen LogP contribution >= 0.6 is 34.5 Å². The molecule has 11 heteroatoms. The number of rotatable bonds is 4. The van der Waals surface area contributed by atoms with Crippen molar-refractivity contribution in [2.45, 2.75) is 39.8 Å². The van der Waals surface area contributed by atoms with Crippen LogP contribution in [-0.2, 0) is 11.3 Å². The average Bonchev–Trinajstić information content (AvgIpc) is 3.13. The van der Waals surface area contributed by atoms with Crippen molar-refractivity contribution in [1.82, 2.24) is 19.8 Å². The van der Waals surface area contributed by atoms with Gasteiger partial charge < -0.3 is 15.1 Å². The number of anilines is 1. The van der Waals surface area contributed by atoms with Gasteiger partial charge in [0.25, 0.3) is 11.5 Å². The van der Waals surface area contributed by atoms with Crippen molar-refractivity contribution in [3.05, 3.63) is 55.4 Å². The molecule has 0 unspecified atom stereocenters. The number of halogens is 2. The van der Waals surface area contributed by atoms with Gasteiger partial charge in [0.15, 0.2) is 0 Å². The Balaban J connectivity index is 1.51. The van der Waals surface area contributed by atoms with Crippen LogP contribution in [0.2, 0.25) is 10.0 Å². The maximum atomic E-state index is 13.3. The molecular formula is C24H27Cl2N5O3S. The molecule has 0 saturated carbocycles. The number of hydrogen-bond donors (Lipinski definition) is 1. The highest BCUT2D eigenvalue weighted by Gasteiger charge is 2.27. The van der Waals surface area contributed by atoms with Crippen LogP contribution in [0.25, 0.3) is 10.2 Å².